The SMILES string of the molecule is CC(=O)SCC[C@@H](C)CC(=O)OC(C)(C)C. The molecule has 0 rings (SSSR count). The summed E-state index contributed by atoms with van der Waals surface area (Å²) in [4.78, 5) is 22.2. The van der Waals surface area contributed by atoms with E-state index >= 15 is 0 Å². The second-order valence-corrected chi connectivity index (χ2v) is 6.30. The molecule has 3 nitrogen and oxygen atoms in total. The molecule has 0 aromatic heterocycles. The van der Waals surface area contributed by atoms with Crippen LogP contribution in [0, 0.1) is 5.92 Å². The summed E-state index contributed by atoms with van der Waals surface area (Å²) in [5.74, 6) is 0.883. The third kappa shape index (κ3) is 10.0. The van der Waals surface area contributed by atoms with Crippen molar-refractivity contribution in [2.45, 2.75) is 53.1 Å². The highest BCUT2D eigenvalue weighted by molar-refractivity contribution is 8.13. The van der Waals surface area contributed by atoms with E-state index in [-0.39, 0.29) is 17.0 Å². The molecule has 0 heterocycles. The quantitative estimate of drug-likeness (QED) is 0.699. The first-order valence-corrected chi connectivity index (χ1v) is 6.54. The minimum Gasteiger partial charge on any atom is -0.460 e. The Bertz CT molecular complexity index is 243. The van der Waals surface area contributed by atoms with Crippen molar-refractivity contribution in [1.82, 2.24) is 0 Å². The van der Waals surface area contributed by atoms with Crippen LogP contribution in [0.1, 0.15) is 47.5 Å². The number of thioether (sulfide) groups is 1. The normalized spacial score (nSPS) is 13.3. The van der Waals surface area contributed by atoms with E-state index in [4.69, 9.17) is 4.74 Å². The first-order chi connectivity index (χ1) is 7.20. The van der Waals surface area contributed by atoms with Crippen molar-refractivity contribution in [3.05, 3.63) is 0 Å². The molecule has 0 fully saturated rings. The standard InChI is InChI=1S/C12H22O3S/c1-9(6-7-16-10(2)13)8-11(14)15-12(3,4)5/h9H,6-8H2,1-5H3/t9-/m1/s1. The average Bonchev–Trinajstić information content (AvgIpc) is 1.98. The van der Waals surface area contributed by atoms with E-state index in [1.54, 1.807) is 6.92 Å². The molecule has 0 saturated carbocycles. The minimum absolute atomic E-state index is 0.129. The maximum Gasteiger partial charge on any atom is 0.306 e. The third-order valence-electron chi connectivity index (χ3n) is 1.85. The van der Waals surface area contributed by atoms with Gasteiger partial charge in [0.2, 0.25) is 0 Å². The van der Waals surface area contributed by atoms with Crippen LogP contribution in [0.5, 0.6) is 0 Å². The van der Waals surface area contributed by atoms with Crippen LogP contribution >= 0.6 is 11.8 Å². The van der Waals surface area contributed by atoms with Gasteiger partial charge in [0.25, 0.3) is 0 Å². The number of ether oxygens (including phenoxy) is 1. The highest BCUT2D eigenvalue weighted by Crippen LogP contribution is 2.16. The number of hydrogen-bond acceptors (Lipinski definition) is 4. The van der Waals surface area contributed by atoms with E-state index in [2.05, 4.69) is 0 Å². The molecule has 0 aromatic carbocycles. The van der Waals surface area contributed by atoms with Gasteiger partial charge in [-0.25, -0.2) is 0 Å². The van der Waals surface area contributed by atoms with Crippen molar-refractivity contribution in [1.29, 1.82) is 0 Å². The smallest absolute Gasteiger partial charge is 0.306 e. The first-order valence-electron chi connectivity index (χ1n) is 5.56. The van der Waals surface area contributed by atoms with Crippen LogP contribution in [0.25, 0.3) is 0 Å². The van der Waals surface area contributed by atoms with Gasteiger partial charge in [-0.1, -0.05) is 18.7 Å². The van der Waals surface area contributed by atoms with E-state index < -0.39 is 5.60 Å². The molecule has 0 aromatic rings. The van der Waals surface area contributed by atoms with Crippen LogP contribution in [-0.2, 0) is 14.3 Å². The molecule has 94 valence electrons. The maximum atomic E-state index is 11.5. The lowest BCUT2D eigenvalue weighted by Gasteiger charge is -2.20. The molecule has 0 bridgehead atoms. The largest absolute Gasteiger partial charge is 0.460 e. The van der Waals surface area contributed by atoms with Crippen molar-refractivity contribution in [2.75, 3.05) is 5.75 Å². The highest BCUT2D eigenvalue weighted by Gasteiger charge is 2.18. The Labute approximate surface area is 102 Å². The molecule has 4 heteroatoms. The zero-order valence-corrected chi connectivity index (χ0v) is 11.6. The number of hydrogen-bond donors (Lipinski definition) is 0. The van der Waals surface area contributed by atoms with Gasteiger partial charge in [-0.3, -0.25) is 9.59 Å². The lowest BCUT2D eigenvalue weighted by atomic mass is 10.1. The molecule has 1 atom stereocenters. The number of carbonyl (C=O) groups is 2. The molecule has 0 N–H and O–H groups in total. The predicted molar refractivity (Wildman–Crippen MR) is 67.4 cm³/mol. The van der Waals surface area contributed by atoms with Gasteiger partial charge in [0.05, 0.1) is 0 Å². The number of rotatable bonds is 5. The van der Waals surface area contributed by atoms with Gasteiger partial charge < -0.3 is 4.74 Å². The van der Waals surface area contributed by atoms with Gasteiger partial charge in [0.1, 0.15) is 5.60 Å². The first kappa shape index (κ1) is 15.5. The van der Waals surface area contributed by atoms with Crippen molar-refractivity contribution in [3.63, 3.8) is 0 Å². The fourth-order valence-electron chi connectivity index (χ4n) is 1.17. The van der Waals surface area contributed by atoms with Crippen molar-refractivity contribution < 1.29 is 14.3 Å². The molecule has 0 amide bonds. The number of carbonyl (C=O) groups excluding carboxylic acids is 2. The van der Waals surface area contributed by atoms with E-state index in [0.29, 0.717) is 6.42 Å². The predicted octanol–water partition coefficient (Wildman–Crippen LogP) is 3.02. The summed E-state index contributed by atoms with van der Waals surface area (Å²) in [6, 6.07) is 0. The lowest BCUT2D eigenvalue weighted by molar-refractivity contribution is -0.155. The second-order valence-electron chi connectivity index (χ2n) is 5.02. The summed E-state index contributed by atoms with van der Waals surface area (Å²) >= 11 is 1.31. The third-order valence-corrected chi connectivity index (χ3v) is 2.70. The Morgan fingerprint density at radius 1 is 1.31 bits per heavy atom. The van der Waals surface area contributed by atoms with E-state index in [9.17, 15) is 9.59 Å². The lowest BCUT2D eigenvalue weighted by Crippen LogP contribution is -2.25. The Kier molecular flexibility index (Phi) is 6.72. The average molecular weight is 246 g/mol. The van der Waals surface area contributed by atoms with Gasteiger partial charge in [0, 0.05) is 19.1 Å². The van der Waals surface area contributed by atoms with Crippen LogP contribution in [0.15, 0.2) is 0 Å². The second kappa shape index (κ2) is 6.94. The fourth-order valence-corrected chi connectivity index (χ4v) is 1.98. The molecular formula is C12H22O3S. The van der Waals surface area contributed by atoms with E-state index in [1.165, 1.54) is 11.8 Å². The fraction of sp³-hybridized carbons (Fsp3) is 0.833. The van der Waals surface area contributed by atoms with Crippen molar-refractivity contribution in [2.24, 2.45) is 5.92 Å². The molecule has 0 aliphatic carbocycles. The molecule has 0 saturated heterocycles. The molecule has 0 aliphatic heterocycles. The molecule has 0 unspecified atom stereocenters. The maximum absolute atomic E-state index is 11.5. The molecular weight excluding hydrogens is 224 g/mol. The molecule has 0 spiro atoms. The molecule has 16 heavy (non-hydrogen) atoms. The van der Waals surface area contributed by atoms with Crippen LogP contribution in [-0.4, -0.2) is 22.4 Å². The Morgan fingerprint density at radius 2 is 1.88 bits per heavy atom. The van der Waals surface area contributed by atoms with E-state index in [1.807, 2.05) is 27.7 Å². The highest BCUT2D eigenvalue weighted by atomic mass is 32.2. The van der Waals surface area contributed by atoms with Gasteiger partial charge in [0.15, 0.2) is 5.12 Å². The van der Waals surface area contributed by atoms with Crippen LogP contribution in [0.2, 0.25) is 0 Å². The minimum atomic E-state index is -0.412. The monoisotopic (exact) mass is 246 g/mol. The van der Waals surface area contributed by atoms with Crippen molar-refractivity contribution in [3.8, 4) is 0 Å². The topological polar surface area (TPSA) is 43.4 Å². The summed E-state index contributed by atoms with van der Waals surface area (Å²) in [5, 5.41) is 0.129. The summed E-state index contributed by atoms with van der Waals surface area (Å²) in [6.07, 6.45) is 1.29. The van der Waals surface area contributed by atoms with Crippen molar-refractivity contribution >= 4 is 22.8 Å². The summed E-state index contributed by atoms with van der Waals surface area (Å²) in [5.41, 5.74) is -0.412. The van der Waals surface area contributed by atoms with Crippen LogP contribution in [0.4, 0.5) is 0 Å². The summed E-state index contributed by atoms with van der Waals surface area (Å²) in [6.45, 7) is 9.15. The van der Waals surface area contributed by atoms with E-state index in [0.717, 1.165) is 12.2 Å². The number of esters is 1. The van der Waals surface area contributed by atoms with Gasteiger partial charge >= 0.3 is 5.97 Å². The summed E-state index contributed by atoms with van der Waals surface area (Å²) in [7, 11) is 0. The van der Waals surface area contributed by atoms with Crippen LogP contribution in [0.3, 0.4) is 0 Å². The van der Waals surface area contributed by atoms with Gasteiger partial charge in [-0.2, -0.15) is 0 Å². The van der Waals surface area contributed by atoms with Crippen LogP contribution < -0.4 is 0 Å². The zero-order chi connectivity index (χ0) is 12.8. The Hall–Kier alpha value is -0.510. The molecule has 0 aliphatic rings. The summed E-state index contributed by atoms with van der Waals surface area (Å²) < 4.78 is 5.22. The van der Waals surface area contributed by atoms with Gasteiger partial charge in [-0.05, 0) is 33.1 Å². The molecule has 0 radical (unpaired) electrons. The zero-order valence-electron chi connectivity index (χ0n) is 10.8. The Balaban J connectivity index is 3.74. The Morgan fingerprint density at radius 3 is 2.31 bits per heavy atom. The van der Waals surface area contributed by atoms with Gasteiger partial charge in [-0.15, -0.1) is 0 Å².